The van der Waals surface area contributed by atoms with Gasteiger partial charge in [0.1, 0.15) is 6.10 Å². The molecule has 0 aromatic heterocycles. The van der Waals surface area contributed by atoms with Gasteiger partial charge in [-0.15, -0.1) is 0 Å². The monoisotopic (exact) mass is 196 g/mol. The summed E-state index contributed by atoms with van der Waals surface area (Å²) in [5.74, 6) is 0. The highest BCUT2D eigenvalue weighted by atomic mass is 35.5. The van der Waals surface area contributed by atoms with Crippen molar-refractivity contribution in [2.75, 3.05) is 7.11 Å². The van der Waals surface area contributed by atoms with Gasteiger partial charge in [0, 0.05) is 12.1 Å². The number of rotatable bonds is 3. The molecule has 70 valence electrons. The Morgan fingerprint density at radius 1 is 1.31 bits per heavy atom. The maximum atomic E-state index is 5.78. The number of hydrogen-bond acceptors (Lipinski definition) is 1. The van der Waals surface area contributed by atoms with E-state index in [9.17, 15) is 0 Å². The number of benzene rings is 1. The van der Waals surface area contributed by atoms with E-state index < -0.39 is 0 Å². The first-order chi connectivity index (χ1) is 6.27. The zero-order chi connectivity index (χ0) is 9.68. The van der Waals surface area contributed by atoms with Crippen LogP contribution in [0.15, 0.2) is 36.4 Å². The predicted octanol–water partition coefficient (Wildman–Crippen LogP) is 3.60. The van der Waals surface area contributed by atoms with Gasteiger partial charge in [-0.25, -0.2) is 0 Å². The van der Waals surface area contributed by atoms with Crippen molar-refractivity contribution >= 4 is 11.6 Å². The van der Waals surface area contributed by atoms with E-state index >= 15 is 0 Å². The topological polar surface area (TPSA) is 9.23 Å². The molecule has 0 aliphatic rings. The van der Waals surface area contributed by atoms with Crippen LogP contribution in [0.1, 0.15) is 18.6 Å². The lowest BCUT2D eigenvalue weighted by Crippen LogP contribution is -1.96. The molecular formula is C11H13ClO. The maximum Gasteiger partial charge on any atom is 0.100 e. The maximum absolute atomic E-state index is 5.78. The summed E-state index contributed by atoms with van der Waals surface area (Å²) in [4.78, 5) is 0. The average molecular weight is 197 g/mol. The summed E-state index contributed by atoms with van der Waals surface area (Å²) in [7, 11) is 1.69. The second-order valence-corrected chi connectivity index (χ2v) is 3.17. The Kier molecular flexibility index (Phi) is 4.00. The van der Waals surface area contributed by atoms with E-state index in [1.807, 2.05) is 43.3 Å². The van der Waals surface area contributed by atoms with Crippen LogP contribution in [-0.4, -0.2) is 7.11 Å². The minimum atomic E-state index is 0.0299. The normalized spacial score (nSPS) is 13.5. The first-order valence-electron chi connectivity index (χ1n) is 4.19. The van der Waals surface area contributed by atoms with Crippen molar-refractivity contribution in [3.8, 4) is 0 Å². The Labute approximate surface area is 84.0 Å². The molecule has 0 aliphatic carbocycles. The third-order valence-corrected chi connectivity index (χ3v) is 2.07. The van der Waals surface area contributed by atoms with Gasteiger partial charge in [-0.05, 0) is 24.6 Å². The Bertz CT molecular complexity index is 277. The van der Waals surface area contributed by atoms with Crippen LogP contribution in [0.2, 0.25) is 5.02 Å². The molecule has 0 saturated heterocycles. The lowest BCUT2D eigenvalue weighted by Gasteiger charge is -2.10. The molecule has 13 heavy (non-hydrogen) atoms. The Morgan fingerprint density at radius 3 is 2.38 bits per heavy atom. The van der Waals surface area contributed by atoms with Crippen LogP contribution >= 0.6 is 11.6 Å². The Balaban J connectivity index is 2.85. The van der Waals surface area contributed by atoms with Crippen molar-refractivity contribution < 1.29 is 4.74 Å². The van der Waals surface area contributed by atoms with Crippen molar-refractivity contribution in [3.63, 3.8) is 0 Å². The molecule has 0 N–H and O–H groups in total. The Morgan fingerprint density at radius 2 is 1.92 bits per heavy atom. The van der Waals surface area contributed by atoms with Crippen molar-refractivity contribution in [1.82, 2.24) is 0 Å². The standard InChI is InChI=1S/C11H13ClO/c1-3-4-11(13-2)9-5-7-10(12)8-6-9/h3-8,11H,1-2H3. The molecule has 1 atom stereocenters. The fourth-order valence-electron chi connectivity index (χ4n) is 1.15. The molecule has 0 amide bonds. The summed E-state index contributed by atoms with van der Waals surface area (Å²) in [5.41, 5.74) is 1.12. The number of hydrogen-bond donors (Lipinski definition) is 0. The van der Waals surface area contributed by atoms with Crippen LogP contribution in [0.3, 0.4) is 0 Å². The number of ether oxygens (including phenoxy) is 1. The van der Waals surface area contributed by atoms with Gasteiger partial charge in [0.2, 0.25) is 0 Å². The van der Waals surface area contributed by atoms with E-state index in [0.717, 1.165) is 10.6 Å². The van der Waals surface area contributed by atoms with Gasteiger partial charge in [0.25, 0.3) is 0 Å². The van der Waals surface area contributed by atoms with E-state index in [1.165, 1.54) is 0 Å². The van der Waals surface area contributed by atoms with Gasteiger partial charge in [-0.1, -0.05) is 35.9 Å². The molecule has 1 aromatic rings. The summed E-state index contributed by atoms with van der Waals surface area (Å²) in [6, 6.07) is 7.67. The van der Waals surface area contributed by atoms with Crippen LogP contribution in [0.25, 0.3) is 0 Å². The first-order valence-corrected chi connectivity index (χ1v) is 4.56. The highest BCUT2D eigenvalue weighted by Crippen LogP contribution is 2.20. The van der Waals surface area contributed by atoms with Gasteiger partial charge in [-0.3, -0.25) is 0 Å². The summed E-state index contributed by atoms with van der Waals surface area (Å²) in [6.45, 7) is 1.97. The molecule has 0 aliphatic heterocycles. The third-order valence-electron chi connectivity index (χ3n) is 1.82. The molecule has 0 saturated carbocycles. The number of halogens is 1. The van der Waals surface area contributed by atoms with Crippen LogP contribution in [0.5, 0.6) is 0 Å². The number of allylic oxidation sites excluding steroid dienone is 1. The van der Waals surface area contributed by atoms with E-state index in [-0.39, 0.29) is 6.10 Å². The first kappa shape index (κ1) is 10.3. The molecule has 2 heteroatoms. The average Bonchev–Trinajstić information content (AvgIpc) is 2.16. The minimum absolute atomic E-state index is 0.0299. The predicted molar refractivity (Wildman–Crippen MR) is 56.0 cm³/mol. The van der Waals surface area contributed by atoms with Crippen LogP contribution < -0.4 is 0 Å². The molecule has 0 bridgehead atoms. The van der Waals surface area contributed by atoms with Gasteiger partial charge >= 0.3 is 0 Å². The zero-order valence-electron chi connectivity index (χ0n) is 7.83. The van der Waals surface area contributed by atoms with E-state index in [1.54, 1.807) is 7.11 Å². The van der Waals surface area contributed by atoms with Gasteiger partial charge in [-0.2, -0.15) is 0 Å². The van der Waals surface area contributed by atoms with Gasteiger partial charge < -0.3 is 4.74 Å². The molecule has 1 rings (SSSR count). The third kappa shape index (κ3) is 2.87. The quantitative estimate of drug-likeness (QED) is 0.672. The fourth-order valence-corrected chi connectivity index (χ4v) is 1.28. The molecule has 0 radical (unpaired) electrons. The van der Waals surface area contributed by atoms with Crippen molar-refractivity contribution in [1.29, 1.82) is 0 Å². The van der Waals surface area contributed by atoms with E-state index in [4.69, 9.17) is 16.3 Å². The lowest BCUT2D eigenvalue weighted by molar-refractivity contribution is 0.142. The molecular weight excluding hydrogens is 184 g/mol. The second kappa shape index (κ2) is 5.05. The van der Waals surface area contributed by atoms with Gasteiger partial charge in [0.05, 0.1) is 0 Å². The molecule has 0 heterocycles. The minimum Gasteiger partial charge on any atom is -0.373 e. The highest BCUT2D eigenvalue weighted by Gasteiger charge is 2.04. The second-order valence-electron chi connectivity index (χ2n) is 2.73. The Hall–Kier alpha value is -0.790. The van der Waals surface area contributed by atoms with E-state index in [0.29, 0.717) is 0 Å². The zero-order valence-corrected chi connectivity index (χ0v) is 8.58. The van der Waals surface area contributed by atoms with Gasteiger partial charge in [0.15, 0.2) is 0 Å². The summed E-state index contributed by atoms with van der Waals surface area (Å²) in [6.07, 6.45) is 4.01. The fraction of sp³-hybridized carbons (Fsp3) is 0.273. The van der Waals surface area contributed by atoms with Crippen molar-refractivity contribution in [2.24, 2.45) is 0 Å². The summed E-state index contributed by atoms with van der Waals surface area (Å²) in [5, 5.41) is 0.749. The molecule has 1 aromatic carbocycles. The molecule has 1 nitrogen and oxygen atoms in total. The smallest absolute Gasteiger partial charge is 0.100 e. The van der Waals surface area contributed by atoms with Crippen LogP contribution in [0, 0.1) is 0 Å². The van der Waals surface area contributed by atoms with Crippen molar-refractivity contribution in [2.45, 2.75) is 13.0 Å². The summed E-state index contributed by atoms with van der Waals surface area (Å²) < 4.78 is 5.29. The van der Waals surface area contributed by atoms with Crippen LogP contribution in [0.4, 0.5) is 0 Å². The molecule has 1 unspecified atom stereocenters. The van der Waals surface area contributed by atoms with Crippen molar-refractivity contribution in [3.05, 3.63) is 47.0 Å². The van der Waals surface area contributed by atoms with E-state index in [2.05, 4.69) is 0 Å². The SMILES string of the molecule is CC=CC(OC)c1ccc(Cl)cc1. The van der Waals surface area contributed by atoms with Crippen LogP contribution in [-0.2, 0) is 4.74 Å². The summed E-state index contributed by atoms with van der Waals surface area (Å²) >= 11 is 5.78. The number of methoxy groups -OCH3 is 1. The largest absolute Gasteiger partial charge is 0.373 e. The molecule has 0 spiro atoms. The highest BCUT2D eigenvalue weighted by molar-refractivity contribution is 6.30. The molecule has 0 fully saturated rings. The lowest BCUT2D eigenvalue weighted by atomic mass is 10.1.